The molecule has 0 atom stereocenters. The van der Waals surface area contributed by atoms with Gasteiger partial charge in [-0.05, 0) is 12.8 Å². The van der Waals surface area contributed by atoms with Gasteiger partial charge in [0.1, 0.15) is 5.84 Å². The van der Waals surface area contributed by atoms with Gasteiger partial charge in [-0.1, -0.05) is 0 Å². The maximum Gasteiger partial charge on any atom is 0.126 e. The number of nitrogen functional groups attached to an aromatic ring is 1. The molecule has 0 aliphatic heterocycles. The van der Waals surface area contributed by atoms with E-state index in [9.17, 15) is 0 Å². The fourth-order valence-corrected chi connectivity index (χ4v) is 1.19. The molecule has 4 heteroatoms. The number of nitrogens with one attached hydrogen (secondary N) is 2. The van der Waals surface area contributed by atoms with Gasteiger partial charge >= 0.3 is 0 Å². The van der Waals surface area contributed by atoms with Crippen molar-refractivity contribution in [3.8, 4) is 0 Å². The van der Waals surface area contributed by atoms with Crippen molar-refractivity contribution in [2.45, 2.75) is 18.8 Å². The number of aromatic amines is 1. The van der Waals surface area contributed by atoms with Crippen LogP contribution in [0.3, 0.4) is 0 Å². The van der Waals surface area contributed by atoms with Gasteiger partial charge in [0.05, 0.1) is 11.8 Å². The van der Waals surface area contributed by atoms with Crippen LogP contribution in [-0.4, -0.2) is 16.0 Å². The molecule has 1 aliphatic carbocycles. The molecule has 0 radical (unpaired) electrons. The molecule has 0 bridgehead atoms. The van der Waals surface area contributed by atoms with Crippen LogP contribution in [0.25, 0.3) is 0 Å². The molecule has 4 nitrogen and oxygen atoms in total. The Kier molecular flexibility index (Phi) is 1.21. The molecule has 0 spiro atoms. The van der Waals surface area contributed by atoms with E-state index in [2.05, 4.69) is 10.2 Å². The van der Waals surface area contributed by atoms with Gasteiger partial charge in [0, 0.05) is 11.6 Å². The molecule has 11 heavy (non-hydrogen) atoms. The first-order valence-corrected chi connectivity index (χ1v) is 3.66. The molecule has 1 aromatic heterocycles. The summed E-state index contributed by atoms with van der Waals surface area (Å²) in [5, 5.41) is 14.0. The Morgan fingerprint density at radius 3 is 3.00 bits per heavy atom. The summed E-state index contributed by atoms with van der Waals surface area (Å²) < 4.78 is 0. The molecule has 1 aliphatic rings. The number of hydrogen-bond donors (Lipinski definition) is 3. The lowest BCUT2D eigenvalue weighted by molar-refractivity contribution is 0.963. The second-order valence-corrected chi connectivity index (χ2v) is 2.89. The summed E-state index contributed by atoms with van der Waals surface area (Å²) in [7, 11) is 0. The van der Waals surface area contributed by atoms with E-state index in [1.54, 1.807) is 6.20 Å². The first-order valence-electron chi connectivity index (χ1n) is 3.66. The van der Waals surface area contributed by atoms with Gasteiger partial charge in [-0.3, -0.25) is 10.5 Å². The maximum absolute atomic E-state index is 7.23. The van der Waals surface area contributed by atoms with E-state index in [-0.39, 0.29) is 5.84 Å². The second kappa shape index (κ2) is 2.08. The number of nitrogens with zero attached hydrogens (tertiary/aromatic N) is 1. The zero-order chi connectivity index (χ0) is 7.84. The van der Waals surface area contributed by atoms with Crippen LogP contribution in [-0.2, 0) is 0 Å². The van der Waals surface area contributed by atoms with Gasteiger partial charge in [-0.2, -0.15) is 5.10 Å². The highest BCUT2D eigenvalue weighted by Gasteiger charge is 2.28. The molecule has 0 saturated heterocycles. The Bertz CT molecular complexity index is 284. The largest absolute Gasteiger partial charge is 0.384 e. The lowest BCUT2D eigenvalue weighted by atomic mass is 10.2. The number of hydrogen-bond acceptors (Lipinski definition) is 2. The lowest BCUT2D eigenvalue weighted by Gasteiger charge is -1.96. The normalized spacial score (nSPS) is 16.7. The highest BCUT2D eigenvalue weighted by molar-refractivity contribution is 5.96. The van der Waals surface area contributed by atoms with E-state index in [1.807, 2.05) is 0 Å². The molecule has 0 aromatic carbocycles. The molecular weight excluding hydrogens is 140 g/mol. The summed E-state index contributed by atoms with van der Waals surface area (Å²) in [6.07, 6.45) is 4.01. The number of amidine groups is 1. The van der Waals surface area contributed by atoms with Crippen molar-refractivity contribution in [1.82, 2.24) is 10.2 Å². The lowest BCUT2D eigenvalue weighted by Crippen LogP contribution is -2.12. The summed E-state index contributed by atoms with van der Waals surface area (Å²) in [4.78, 5) is 0. The van der Waals surface area contributed by atoms with Gasteiger partial charge in [0.25, 0.3) is 0 Å². The van der Waals surface area contributed by atoms with Gasteiger partial charge < -0.3 is 5.73 Å². The molecule has 0 unspecified atom stereocenters. The van der Waals surface area contributed by atoms with Crippen LogP contribution in [0, 0.1) is 5.41 Å². The van der Waals surface area contributed by atoms with E-state index in [0.717, 1.165) is 11.3 Å². The minimum atomic E-state index is 0.112. The Morgan fingerprint density at radius 1 is 1.73 bits per heavy atom. The number of H-pyrrole nitrogens is 1. The van der Waals surface area contributed by atoms with Crippen molar-refractivity contribution in [2.75, 3.05) is 0 Å². The third kappa shape index (κ3) is 1.00. The monoisotopic (exact) mass is 150 g/mol. The fourth-order valence-electron chi connectivity index (χ4n) is 1.19. The summed E-state index contributed by atoms with van der Waals surface area (Å²) in [5.74, 6) is 0.692. The number of rotatable bonds is 2. The van der Waals surface area contributed by atoms with Gasteiger partial charge in [0.2, 0.25) is 0 Å². The molecular formula is C7H10N4. The predicted octanol–water partition coefficient (Wildman–Crippen LogP) is 0.571. The Balaban J connectivity index is 2.37. The topological polar surface area (TPSA) is 78.6 Å². The Morgan fingerprint density at radius 2 is 2.45 bits per heavy atom. The SMILES string of the molecule is N=C(N)c1cn[nH]c1C1CC1. The van der Waals surface area contributed by atoms with Crippen LogP contribution in [0.1, 0.15) is 30.0 Å². The van der Waals surface area contributed by atoms with E-state index >= 15 is 0 Å². The maximum atomic E-state index is 7.23. The van der Waals surface area contributed by atoms with Crippen molar-refractivity contribution < 1.29 is 0 Å². The minimum absolute atomic E-state index is 0.112. The van der Waals surface area contributed by atoms with Crippen molar-refractivity contribution in [3.63, 3.8) is 0 Å². The van der Waals surface area contributed by atoms with Crippen molar-refractivity contribution >= 4 is 5.84 Å². The molecule has 1 aromatic rings. The summed E-state index contributed by atoms with van der Waals surface area (Å²) >= 11 is 0. The third-order valence-corrected chi connectivity index (χ3v) is 1.94. The molecule has 0 amide bonds. The van der Waals surface area contributed by atoms with Crippen molar-refractivity contribution in [3.05, 3.63) is 17.5 Å². The molecule has 4 N–H and O–H groups in total. The van der Waals surface area contributed by atoms with E-state index < -0.39 is 0 Å². The standard InChI is InChI=1S/C7H10N4/c8-7(9)5-3-10-11-6(5)4-1-2-4/h3-4H,1-2H2,(H3,8,9)(H,10,11). The van der Waals surface area contributed by atoms with Gasteiger partial charge in [0.15, 0.2) is 0 Å². The Labute approximate surface area is 64.3 Å². The third-order valence-electron chi connectivity index (χ3n) is 1.94. The highest BCUT2D eigenvalue weighted by Crippen LogP contribution is 2.40. The zero-order valence-corrected chi connectivity index (χ0v) is 6.09. The average molecular weight is 150 g/mol. The molecule has 1 heterocycles. The molecule has 1 saturated carbocycles. The Hall–Kier alpha value is -1.32. The minimum Gasteiger partial charge on any atom is -0.384 e. The molecule has 58 valence electrons. The van der Waals surface area contributed by atoms with Gasteiger partial charge in [-0.25, -0.2) is 0 Å². The van der Waals surface area contributed by atoms with Crippen LogP contribution in [0.15, 0.2) is 6.20 Å². The quantitative estimate of drug-likeness (QED) is 0.425. The molecule has 2 rings (SSSR count). The second-order valence-electron chi connectivity index (χ2n) is 2.89. The number of aromatic nitrogens is 2. The smallest absolute Gasteiger partial charge is 0.126 e. The molecule has 1 fully saturated rings. The van der Waals surface area contributed by atoms with Crippen LogP contribution >= 0.6 is 0 Å². The van der Waals surface area contributed by atoms with Crippen LogP contribution in [0.5, 0.6) is 0 Å². The average Bonchev–Trinajstić information content (AvgIpc) is 2.68. The fraction of sp³-hybridized carbons (Fsp3) is 0.429. The highest BCUT2D eigenvalue weighted by atomic mass is 15.1. The van der Waals surface area contributed by atoms with E-state index in [4.69, 9.17) is 11.1 Å². The van der Waals surface area contributed by atoms with Crippen molar-refractivity contribution in [1.29, 1.82) is 5.41 Å². The van der Waals surface area contributed by atoms with Crippen LogP contribution in [0.2, 0.25) is 0 Å². The number of nitrogens with two attached hydrogens (primary N) is 1. The predicted molar refractivity (Wildman–Crippen MR) is 41.6 cm³/mol. The summed E-state index contributed by atoms with van der Waals surface area (Å²) in [6, 6.07) is 0. The summed E-state index contributed by atoms with van der Waals surface area (Å²) in [6.45, 7) is 0. The van der Waals surface area contributed by atoms with Crippen molar-refractivity contribution in [2.24, 2.45) is 5.73 Å². The van der Waals surface area contributed by atoms with Gasteiger partial charge in [-0.15, -0.1) is 0 Å². The van der Waals surface area contributed by atoms with E-state index in [1.165, 1.54) is 12.8 Å². The first kappa shape index (κ1) is 6.39. The first-order chi connectivity index (χ1) is 5.29. The van der Waals surface area contributed by atoms with Crippen LogP contribution < -0.4 is 5.73 Å². The summed E-state index contributed by atoms with van der Waals surface area (Å²) in [5.41, 5.74) is 7.16. The zero-order valence-electron chi connectivity index (χ0n) is 6.09. The van der Waals surface area contributed by atoms with E-state index in [0.29, 0.717) is 5.92 Å². The van der Waals surface area contributed by atoms with Crippen LogP contribution in [0.4, 0.5) is 0 Å².